The summed E-state index contributed by atoms with van der Waals surface area (Å²) in [5.41, 5.74) is 6.19. The molecule has 3 heteroatoms. The van der Waals surface area contributed by atoms with Crippen LogP contribution in [0.4, 0.5) is 0 Å². The van der Waals surface area contributed by atoms with Crippen molar-refractivity contribution in [3.63, 3.8) is 0 Å². The van der Waals surface area contributed by atoms with Crippen molar-refractivity contribution in [3.8, 4) is 0 Å². The molecule has 0 aromatic heterocycles. The smallest absolute Gasteiger partial charge is 0.231 e. The van der Waals surface area contributed by atoms with Crippen molar-refractivity contribution in [1.29, 1.82) is 0 Å². The van der Waals surface area contributed by atoms with Crippen LogP contribution >= 0.6 is 0 Å². The summed E-state index contributed by atoms with van der Waals surface area (Å²) in [4.78, 5) is 9.92. The number of amides is 1. The van der Waals surface area contributed by atoms with E-state index in [2.05, 4.69) is 36.5 Å². The summed E-state index contributed by atoms with van der Waals surface area (Å²) in [6.07, 6.45) is 1.14. The number of hydrogen-bond acceptors (Lipinski definition) is 2. The molecule has 0 fully saturated rings. The standard InChI is InChI=1S/C8H10.C4H10N2O/c1-2-8-6-4-3-5-7-8;1-2-6-3-4(5)7/h3-7H,2H2,1H3;6H,2-3H2,1H3,(H2,5,7). The second-order valence-electron chi connectivity index (χ2n) is 3.09. The number of hydrogen-bond donors (Lipinski definition) is 2. The second-order valence-corrected chi connectivity index (χ2v) is 3.09. The molecular formula is C12H20N2O. The van der Waals surface area contributed by atoms with Gasteiger partial charge in [-0.1, -0.05) is 44.2 Å². The Hall–Kier alpha value is -1.35. The Morgan fingerprint density at radius 2 is 1.87 bits per heavy atom. The molecule has 0 aliphatic heterocycles. The van der Waals surface area contributed by atoms with E-state index >= 15 is 0 Å². The van der Waals surface area contributed by atoms with Crippen molar-refractivity contribution in [2.24, 2.45) is 5.73 Å². The lowest BCUT2D eigenvalue weighted by molar-refractivity contribution is -0.117. The van der Waals surface area contributed by atoms with Gasteiger partial charge in [0.25, 0.3) is 0 Å². The average molecular weight is 208 g/mol. The van der Waals surface area contributed by atoms with E-state index < -0.39 is 0 Å². The zero-order valence-corrected chi connectivity index (χ0v) is 9.49. The van der Waals surface area contributed by atoms with Gasteiger partial charge in [-0.05, 0) is 18.5 Å². The number of rotatable bonds is 4. The van der Waals surface area contributed by atoms with Gasteiger partial charge in [-0.3, -0.25) is 4.79 Å². The number of benzene rings is 1. The first-order valence-corrected chi connectivity index (χ1v) is 5.23. The van der Waals surface area contributed by atoms with E-state index in [0.717, 1.165) is 13.0 Å². The number of nitrogens with two attached hydrogens (primary N) is 1. The molecule has 84 valence electrons. The third-order valence-corrected chi connectivity index (χ3v) is 1.80. The lowest BCUT2D eigenvalue weighted by atomic mass is 10.2. The first-order chi connectivity index (χ1) is 7.20. The van der Waals surface area contributed by atoms with E-state index in [1.54, 1.807) is 0 Å². The Balaban J connectivity index is 0.000000265. The topological polar surface area (TPSA) is 55.1 Å². The zero-order chi connectivity index (χ0) is 11.5. The van der Waals surface area contributed by atoms with Crippen molar-refractivity contribution in [1.82, 2.24) is 5.32 Å². The van der Waals surface area contributed by atoms with E-state index in [1.807, 2.05) is 13.0 Å². The van der Waals surface area contributed by atoms with E-state index in [1.165, 1.54) is 5.56 Å². The number of aryl methyl sites for hydroxylation is 1. The number of primary amides is 1. The van der Waals surface area contributed by atoms with Crippen LogP contribution in [0, 0.1) is 0 Å². The van der Waals surface area contributed by atoms with Crippen molar-refractivity contribution in [3.05, 3.63) is 35.9 Å². The normalized spacial score (nSPS) is 8.93. The van der Waals surface area contributed by atoms with Crippen LogP contribution in [0.3, 0.4) is 0 Å². The summed E-state index contributed by atoms with van der Waals surface area (Å²) in [5, 5.41) is 2.77. The van der Waals surface area contributed by atoms with Gasteiger partial charge in [0, 0.05) is 0 Å². The highest BCUT2D eigenvalue weighted by molar-refractivity contribution is 5.75. The maximum Gasteiger partial charge on any atom is 0.231 e. The van der Waals surface area contributed by atoms with Crippen LogP contribution in [0.5, 0.6) is 0 Å². The Kier molecular flexibility index (Phi) is 8.39. The predicted molar refractivity (Wildman–Crippen MR) is 63.6 cm³/mol. The maximum atomic E-state index is 9.92. The van der Waals surface area contributed by atoms with Crippen molar-refractivity contribution >= 4 is 5.91 Å². The molecule has 1 amide bonds. The van der Waals surface area contributed by atoms with Gasteiger partial charge in [0.1, 0.15) is 0 Å². The third kappa shape index (κ3) is 8.97. The molecule has 3 nitrogen and oxygen atoms in total. The van der Waals surface area contributed by atoms with Crippen LogP contribution in [0.1, 0.15) is 19.4 Å². The van der Waals surface area contributed by atoms with Gasteiger partial charge < -0.3 is 11.1 Å². The molecule has 3 N–H and O–H groups in total. The Bertz CT molecular complexity index is 260. The molecule has 0 aliphatic rings. The van der Waals surface area contributed by atoms with Crippen LogP contribution in [0.25, 0.3) is 0 Å². The van der Waals surface area contributed by atoms with Gasteiger partial charge in [-0.2, -0.15) is 0 Å². The number of nitrogens with one attached hydrogen (secondary N) is 1. The van der Waals surface area contributed by atoms with Crippen molar-refractivity contribution in [2.45, 2.75) is 20.3 Å². The maximum absolute atomic E-state index is 9.92. The van der Waals surface area contributed by atoms with Crippen LogP contribution < -0.4 is 11.1 Å². The molecule has 0 unspecified atom stereocenters. The molecule has 0 aliphatic carbocycles. The average Bonchev–Trinajstić information content (AvgIpc) is 2.28. The number of likely N-dealkylation sites (N-methyl/N-ethyl adjacent to an activating group) is 1. The quantitative estimate of drug-likeness (QED) is 0.784. The molecule has 0 heterocycles. The minimum atomic E-state index is -0.304. The Morgan fingerprint density at radius 1 is 1.27 bits per heavy atom. The van der Waals surface area contributed by atoms with Gasteiger partial charge in [-0.25, -0.2) is 0 Å². The van der Waals surface area contributed by atoms with Crippen LogP contribution in [-0.4, -0.2) is 19.0 Å². The SMILES string of the molecule is CCNCC(N)=O.CCc1ccccc1. The summed E-state index contributed by atoms with van der Waals surface area (Å²) in [6, 6.07) is 10.5. The highest BCUT2D eigenvalue weighted by atomic mass is 16.1. The summed E-state index contributed by atoms with van der Waals surface area (Å²) in [6.45, 7) is 5.16. The van der Waals surface area contributed by atoms with Crippen LogP contribution in [0.2, 0.25) is 0 Å². The molecule has 1 aromatic rings. The lowest BCUT2D eigenvalue weighted by Gasteiger charge is -1.91. The molecule has 0 saturated heterocycles. The van der Waals surface area contributed by atoms with Gasteiger partial charge >= 0.3 is 0 Å². The molecule has 0 atom stereocenters. The monoisotopic (exact) mass is 208 g/mol. The highest BCUT2D eigenvalue weighted by Gasteiger charge is 1.86. The number of carbonyl (C=O) groups excluding carboxylic acids is 1. The van der Waals surface area contributed by atoms with E-state index in [0.29, 0.717) is 0 Å². The molecule has 0 bridgehead atoms. The Labute approximate surface area is 91.7 Å². The third-order valence-electron chi connectivity index (χ3n) is 1.80. The predicted octanol–water partition coefficient (Wildman–Crippen LogP) is 1.33. The second kappa shape index (κ2) is 9.21. The fraction of sp³-hybridized carbons (Fsp3) is 0.417. The minimum Gasteiger partial charge on any atom is -0.369 e. The van der Waals surface area contributed by atoms with Gasteiger partial charge in [-0.15, -0.1) is 0 Å². The fourth-order valence-electron chi connectivity index (χ4n) is 0.962. The molecule has 1 aromatic carbocycles. The summed E-state index contributed by atoms with van der Waals surface area (Å²) >= 11 is 0. The van der Waals surface area contributed by atoms with E-state index in [-0.39, 0.29) is 12.5 Å². The first kappa shape index (κ1) is 13.7. The highest BCUT2D eigenvalue weighted by Crippen LogP contribution is 1.96. The summed E-state index contributed by atoms with van der Waals surface area (Å²) in [7, 11) is 0. The molecule has 0 radical (unpaired) electrons. The first-order valence-electron chi connectivity index (χ1n) is 5.23. The van der Waals surface area contributed by atoms with E-state index in [9.17, 15) is 4.79 Å². The molecule has 1 rings (SSSR count). The number of carbonyl (C=O) groups is 1. The minimum absolute atomic E-state index is 0.288. The van der Waals surface area contributed by atoms with Crippen LogP contribution in [-0.2, 0) is 11.2 Å². The van der Waals surface area contributed by atoms with Gasteiger partial charge in [0.05, 0.1) is 6.54 Å². The molecule has 15 heavy (non-hydrogen) atoms. The lowest BCUT2D eigenvalue weighted by Crippen LogP contribution is -2.28. The largest absolute Gasteiger partial charge is 0.369 e. The summed E-state index contributed by atoms with van der Waals surface area (Å²) < 4.78 is 0. The van der Waals surface area contributed by atoms with E-state index in [4.69, 9.17) is 5.73 Å². The molecular weight excluding hydrogens is 188 g/mol. The van der Waals surface area contributed by atoms with Gasteiger partial charge in [0.2, 0.25) is 5.91 Å². The van der Waals surface area contributed by atoms with Crippen molar-refractivity contribution < 1.29 is 4.79 Å². The Morgan fingerprint density at radius 3 is 2.13 bits per heavy atom. The zero-order valence-electron chi connectivity index (χ0n) is 9.49. The summed E-state index contributed by atoms with van der Waals surface area (Å²) in [5.74, 6) is -0.304. The van der Waals surface area contributed by atoms with Crippen molar-refractivity contribution in [2.75, 3.05) is 13.1 Å². The molecule has 0 spiro atoms. The fourth-order valence-corrected chi connectivity index (χ4v) is 0.962. The van der Waals surface area contributed by atoms with Crippen LogP contribution in [0.15, 0.2) is 30.3 Å². The van der Waals surface area contributed by atoms with Gasteiger partial charge in [0.15, 0.2) is 0 Å². The molecule has 0 saturated carbocycles.